The quantitative estimate of drug-likeness (QED) is 0.922. The second kappa shape index (κ2) is 6.11. The molecule has 0 aliphatic heterocycles. The summed E-state index contributed by atoms with van der Waals surface area (Å²) < 4.78 is 2.24. The maximum absolute atomic E-state index is 9.00. The number of nitrogens with zero attached hydrogens (tertiary/aromatic N) is 2. The number of nitrogens with one attached hydrogen (secondary N) is 1. The fraction of sp³-hybridized carbons (Fsp3) is 0.471. The number of hydrogen-bond donors (Lipinski definition) is 1. The van der Waals surface area contributed by atoms with Crippen LogP contribution in [0.25, 0.3) is 10.9 Å². The standard InChI is InChI=1S/C17H21N3/c18-13-14-6-7-15-8-10-20(17(15)12-14)11-9-19-16-4-2-1-3-5-16/h6-8,10,12,16,19H,1-5,9,11H2. The van der Waals surface area contributed by atoms with E-state index in [1.54, 1.807) is 0 Å². The van der Waals surface area contributed by atoms with Gasteiger partial charge >= 0.3 is 0 Å². The van der Waals surface area contributed by atoms with Crippen molar-refractivity contribution < 1.29 is 0 Å². The molecule has 3 heteroatoms. The number of nitriles is 1. The molecule has 1 aliphatic carbocycles. The van der Waals surface area contributed by atoms with Gasteiger partial charge in [-0.25, -0.2) is 0 Å². The number of benzene rings is 1. The lowest BCUT2D eigenvalue weighted by molar-refractivity contribution is 0.369. The molecule has 1 fully saturated rings. The van der Waals surface area contributed by atoms with Crippen molar-refractivity contribution >= 4 is 10.9 Å². The highest BCUT2D eigenvalue weighted by Crippen LogP contribution is 2.18. The van der Waals surface area contributed by atoms with Gasteiger partial charge in [0.25, 0.3) is 0 Å². The number of aromatic nitrogens is 1. The molecule has 1 saturated carbocycles. The molecule has 1 aromatic heterocycles. The van der Waals surface area contributed by atoms with E-state index in [9.17, 15) is 0 Å². The molecule has 3 rings (SSSR count). The summed E-state index contributed by atoms with van der Waals surface area (Å²) >= 11 is 0. The third-order valence-corrected chi connectivity index (χ3v) is 4.29. The highest BCUT2D eigenvalue weighted by Gasteiger charge is 2.12. The smallest absolute Gasteiger partial charge is 0.0992 e. The molecule has 1 aliphatic rings. The number of rotatable bonds is 4. The molecule has 0 saturated heterocycles. The lowest BCUT2D eigenvalue weighted by atomic mass is 9.95. The zero-order valence-electron chi connectivity index (χ0n) is 11.8. The van der Waals surface area contributed by atoms with Crippen LogP contribution in [0.2, 0.25) is 0 Å². The van der Waals surface area contributed by atoms with Crippen LogP contribution in [-0.4, -0.2) is 17.2 Å². The van der Waals surface area contributed by atoms with Crippen molar-refractivity contribution in [3.63, 3.8) is 0 Å². The summed E-state index contributed by atoms with van der Waals surface area (Å²) in [5.41, 5.74) is 1.90. The van der Waals surface area contributed by atoms with E-state index in [2.05, 4.69) is 28.2 Å². The second-order valence-corrected chi connectivity index (χ2v) is 5.68. The van der Waals surface area contributed by atoms with Gasteiger partial charge in [-0.05, 0) is 36.4 Å². The van der Waals surface area contributed by atoms with Crippen LogP contribution >= 0.6 is 0 Å². The summed E-state index contributed by atoms with van der Waals surface area (Å²) in [6.45, 7) is 1.97. The minimum Gasteiger partial charge on any atom is -0.346 e. The first-order chi connectivity index (χ1) is 9.86. The molecule has 3 nitrogen and oxygen atoms in total. The summed E-state index contributed by atoms with van der Waals surface area (Å²) in [4.78, 5) is 0. The molecule has 2 aromatic rings. The van der Waals surface area contributed by atoms with Crippen molar-refractivity contribution in [1.29, 1.82) is 5.26 Å². The molecule has 1 N–H and O–H groups in total. The third kappa shape index (κ3) is 2.86. The zero-order valence-corrected chi connectivity index (χ0v) is 11.8. The van der Waals surface area contributed by atoms with E-state index in [4.69, 9.17) is 5.26 Å². The molecule has 0 unspecified atom stereocenters. The van der Waals surface area contributed by atoms with Crippen LogP contribution in [-0.2, 0) is 6.54 Å². The van der Waals surface area contributed by atoms with Crippen molar-refractivity contribution in [3.05, 3.63) is 36.0 Å². The zero-order chi connectivity index (χ0) is 13.8. The van der Waals surface area contributed by atoms with Crippen LogP contribution < -0.4 is 5.32 Å². The average Bonchev–Trinajstić information content (AvgIpc) is 2.91. The molecule has 1 heterocycles. The van der Waals surface area contributed by atoms with Crippen LogP contribution in [0.4, 0.5) is 0 Å². The third-order valence-electron chi connectivity index (χ3n) is 4.29. The van der Waals surface area contributed by atoms with Gasteiger partial charge in [-0.15, -0.1) is 0 Å². The fourth-order valence-electron chi connectivity index (χ4n) is 3.14. The van der Waals surface area contributed by atoms with E-state index in [0.717, 1.165) is 24.2 Å². The SMILES string of the molecule is N#Cc1ccc2ccn(CCNC3CCCCC3)c2c1. The van der Waals surface area contributed by atoms with Crippen LogP contribution in [0.5, 0.6) is 0 Å². The van der Waals surface area contributed by atoms with Gasteiger partial charge in [0, 0.05) is 30.8 Å². The summed E-state index contributed by atoms with van der Waals surface area (Å²) in [6.07, 6.45) is 8.91. The molecule has 0 spiro atoms. The average molecular weight is 267 g/mol. The Labute approximate surface area is 120 Å². The molecular formula is C17H21N3. The Morgan fingerprint density at radius 1 is 1.20 bits per heavy atom. The normalized spacial score (nSPS) is 16.4. The monoisotopic (exact) mass is 267 g/mol. The predicted molar refractivity (Wildman–Crippen MR) is 81.5 cm³/mol. The van der Waals surface area contributed by atoms with E-state index in [1.165, 1.54) is 37.5 Å². The van der Waals surface area contributed by atoms with E-state index < -0.39 is 0 Å². The molecule has 0 radical (unpaired) electrons. The van der Waals surface area contributed by atoms with Crippen molar-refractivity contribution in [2.45, 2.75) is 44.7 Å². The summed E-state index contributed by atoms with van der Waals surface area (Å²) in [5, 5.41) is 13.9. The summed E-state index contributed by atoms with van der Waals surface area (Å²) in [7, 11) is 0. The van der Waals surface area contributed by atoms with Gasteiger partial charge < -0.3 is 9.88 Å². The van der Waals surface area contributed by atoms with Crippen molar-refractivity contribution in [2.75, 3.05) is 6.54 Å². The minimum atomic E-state index is 0.709. The van der Waals surface area contributed by atoms with E-state index in [1.807, 2.05) is 18.2 Å². The first kappa shape index (κ1) is 13.2. The maximum atomic E-state index is 9.00. The largest absolute Gasteiger partial charge is 0.346 e. The molecule has 0 amide bonds. The van der Waals surface area contributed by atoms with Gasteiger partial charge in [-0.1, -0.05) is 25.3 Å². The predicted octanol–water partition coefficient (Wildman–Crippen LogP) is 3.44. The van der Waals surface area contributed by atoms with Crippen molar-refractivity contribution in [2.24, 2.45) is 0 Å². The first-order valence-corrected chi connectivity index (χ1v) is 7.59. The summed E-state index contributed by atoms with van der Waals surface area (Å²) in [6, 6.07) is 10.9. The molecule has 104 valence electrons. The molecule has 20 heavy (non-hydrogen) atoms. The number of hydrogen-bond acceptors (Lipinski definition) is 2. The van der Waals surface area contributed by atoms with Gasteiger partial charge in [0.15, 0.2) is 0 Å². The van der Waals surface area contributed by atoms with Gasteiger partial charge in [-0.3, -0.25) is 0 Å². The van der Waals surface area contributed by atoms with Gasteiger partial charge in [0.1, 0.15) is 0 Å². The van der Waals surface area contributed by atoms with Crippen molar-refractivity contribution in [3.8, 4) is 6.07 Å². The molecule has 0 atom stereocenters. The fourth-order valence-corrected chi connectivity index (χ4v) is 3.14. The Bertz CT molecular complexity index is 615. The first-order valence-electron chi connectivity index (χ1n) is 7.59. The lowest BCUT2D eigenvalue weighted by Gasteiger charge is -2.23. The van der Waals surface area contributed by atoms with E-state index in [0.29, 0.717) is 6.04 Å². The van der Waals surface area contributed by atoms with Gasteiger partial charge in [-0.2, -0.15) is 5.26 Å². The van der Waals surface area contributed by atoms with Crippen LogP contribution in [0.3, 0.4) is 0 Å². The van der Waals surface area contributed by atoms with Crippen molar-refractivity contribution in [1.82, 2.24) is 9.88 Å². The second-order valence-electron chi connectivity index (χ2n) is 5.68. The lowest BCUT2D eigenvalue weighted by Crippen LogP contribution is -2.33. The Kier molecular flexibility index (Phi) is 4.03. The van der Waals surface area contributed by atoms with Crippen LogP contribution in [0, 0.1) is 11.3 Å². The molecular weight excluding hydrogens is 246 g/mol. The van der Waals surface area contributed by atoms with E-state index in [-0.39, 0.29) is 0 Å². The Hall–Kier alpha value is -1.79. The van der Waals surface area contributed by atoms with Gasteiger partial charge in [0.05, 0.1) is 11.6 Å². The van der Waals surface area contributed by atoms with E-state index >= 15 is 0 Å². The maximum Gasteiger partial charge on any atom is 0.0992 e. The Morgan fingerprint density at radius 3 is 2.85 bits per heavy atom. The minimum absolute atomic E-state index is 0.709. The summed E-state index contributed by atoms with van der Waals surface area (Å²) in [5.74, 6) is 0. The molecule has 0 bridgehead atoms. The highest BCUT2D eigenvalue weighted by atomic mass is 15.0. The Morgan fingerprint density at radius 2 is 2.05 bits per heavy atom. The van der Waals surface area contributed by atoms with Gasteiger partial charge in [0.2, 0.25) is 0 Å². The highest BCUT2D eigenvalue weighted by molar-refractivity contribution is 5.81. The topological polar surface area (TPSA) is 40.8 Å². The van der Waals surface area contributed by atoms with Crippen LogP contribution in [0.15, 0.2) is 30.5 Å². The Balaban J connectivity index is 1.63. The number of fused-ring (bicyclic) bond motifs is 1. The molecule has 1 aromatic carbocycles. The van der Waals surface area contributed by atoms with Crippen LogP contribution in [0.1, 0.15) is 37.7 Å².